The average molecular weight is 409 g/mol. The van der Waals surface area contributed by atoms with Gasteiger partial charge in [-0.3, -0.25) is 4.98 Å². The Bertz CT molecular complexity index is 1030. The number of rotatable bonds is 4. The van der Waals surface area contributed by atoms with Gasteiger partial charge >= 0.3 is 6.18 Å². The molecular weight excluding hydrogens is 397 g/mol. The maximum Gasteiger partial charge on any atom is 0.448 e. The number of aromatic nitrogens is 1. The lowest BCUT2D eigenvalue weighted by Crippen LogP contribution is -2.45. The summed E-state index contributed by atoms with van der Waals surface area (Å²) in [6, 6.07) is 7.58. The van der Waals surface area contributed by atoms with Gasteiger partial charge in [0, 0.05) is 12.4 Å². The van der Waals surface area contributed by atoms with Crippen molar-refractivity contribution in [1.29, 1.82) is 0 Å². The molecule has 150 valence electrons. The SMILES string of the molecule is Fc1cccc(F)c1-c1ccncc1CN1C(c2ccco2)=NOC1C(F)(F)F. The zero-order valence-corrected chi connectivity index (χ0v) is 14.5. The second-order valence-electron chi connectivity index (χ2n) is 6.15. The molecular formula is C19H12F5N3O2. The molecule has 0 saturated heterocycles. The van der Waals surface area contributed by atoms with Crippen LogP contribution in [0, 0.1) is 11.6 Å². The molecule has 0 spiro atoms. The van der Waals surface area contributed by atoms with Crippen molar-refractivity contribution in [2.45, 2.75) is 18.9 Å². The largest absolute Gasteiger partial charge is 0.461 e. The lowest BCUT2D eigenvalue weighted by molar-refractivity contribution is -0.245. The number of nitrogens with zero attached hydrogens (tertiary/aromatic N) is 3. The van der Waals surface area contributed by atoms with Crippen molar-refractivity contribution in [2.24, 2.45) is 5.16 Å². The van der Waals surface area contributed by atoms with E-state index in [-0.39, 0.29) is 28.3 Å². The van der Waals surface area contributed by atoms with Gasteiger partial charge in [0.2, 0.25) is 5.84 Å². The molecule has 10 heteroatoms. The number of alkyl halides is 3. The summed E-state index contributed by atoms with van der Waals surface area (Å²) in [5.74, 6) is -1.83. The Morgan fingerprint density at radius 1 is 1.03 bits per heavy atom. The third-order valence-electron chi connectivity index (χ3n) is 4.29. The summed E-state index contributed by atoms with van der Waals surface area (Å²) in [5, 5.41) is 3.50. The first kappa shape index (κ1) is 18.9. The highest BCUT2D eigenvalue weighted by molar-refractivity contribution is 5.96. The number of oxime groups is 1. The minimum atomic E-state index is -4.77. The van der Waals surface area contributed by atoms with E-state index in [0.29, 0.717) is 0 Å². The average Bonchev–Trinajstić information content (AvgIpc) is 3.32. The molecule has 1 aliphatic heterocycles. The summed E-state index contributed by atoms with van der Waals surface area (Å²) >= 11 is 0. The molecule has 3 aromatic rings. The lowest BCUT2D eigenvalue weighted by Gasteiger charge is -2.26. The molecule has 1 aliphatic rings. The van der Waals surface area contributed by atoms with Gasteiger partial charge in [-0.25, -0.2) is 8.78 Å². The van der Waals surface area contributed by atoms with E-state index in [2.05, 4.69) is 15.0 Å². The predicted molar refractivity (Wildman–Crippen MR) is 91.3 cm³/mol. The van der Waals surface area contributed by atoms with Gasteiger partial charge < -0.3 is 14.2 Å². The molecule has 0 saturated carbocycles. The molecule has 0 fully saturated rings. The summed E-state index contributed by atoms with van der Waals surface area (Å²) in [7, 11) is 0. The molecule has 0 aliphatic carbocycles. The smallest absolute Gasteiger partial charge is 0.448 e. The summed E-state index contributed by atoms with van der Waals surface area (Å²) in [5.41, 5.74) is -0.136. The summed E-state index contributed by atoms with van der Waals surface area (Å²) in [4.78, 5) is 9.29. The van der Waals surface area contributed by atoms with E-state index in [1.165, 1.54) is 42.9 Å². The molecule has 4 rings (SSSR count). The third-order valence-corrected chi connectivity index (χ3v) is 4.29. The summed E-state index contributed by atoms with van der Waals surface area (Å²) < 4.78 is 74.1. The van der Waals surface area contributed by atoms with Crippen LogP contribution < -0.4 is 0 Å². The predicted octanol–water partition coefficient (Wildman–Crippen LogP) is 4.70. The quantitative estimate of drug-likeness (QED) is 0.586. The van der Waals surface area contributed by atoms with E-state index in [0.717, 1.165) is 17.0 Å². The van der Waals surface area contributed by atoms with Crippen LogP contribution in [0.3, 0.4) is 0 Å². The van der Waals surface area contributed by atoms with Gasteiger partial charge in [0.1, 0.15) is 11.6 Å². The fraction of sp³-hybridized carbons (Fsp3) is 0.158. The molecule has 5 nitrogen and oxygen atoms in total. The van der Waals surface area contributed by atoms with Crippen LogP contribution in [-0.4, -0.2) is 28.1 Å². The number of pyridine rings is 1. The highest BCUT2D eigenvalue weighted by Gasteiger charge is 2.51. The number of furan rings is 1. The zero-order valence-electron chi connectivity index (χ0n) is 14.5. The number of benzene rings is 1. The third kappa shape index (κ3) is 3.53. The number of halogens is 5. The maximum absolute atomic E-state index is 14.3. The second-order valence-corrected chi connectivity index (χ2v) is 6.15. The van der Waals surface area contributed by atoms with Crippen molar-refractivity contribution in [3.8, 4) is 11.1 Å². The van der Waals surface area contributed by atoms with Gasteiger partial charge in [-0.15, -0.1) is 0 Å². The minimum Gasteiger partial charge on any atom is -0.461 e. The van der Waals surface area contributed by atoms with Gasteiger partial charge in [-0.05, 0) is 41.5 Å². The first-order valence-corrected chi connectivity index (χ1v) is 8.34. The van der Waals surface area contributed by atoms with Crippen LogP contribution in [0.1, 0.15) is 11.3 Å². The van der Waals surface area contributed by atoms with E-state index in [1.54, 1.807) is 0 Å². The van der Waals surface area contributed by atoms with Gasteiger partial charge in [0.05, 0.1) is 18.4 Å². The molecule has 1 atom stereocenters. The number of hydrogen-bond donors (Lipinski definition) is 0. The van der Waals surface area contributed by atoms with Crippen molar-refractivity contribution in [3.63, 3.8) is 0 Å². The fourth-order valence-corrected chi connectivity index (χ4v) is 3.04. The van der Waals surface area contributed by atoms with Crippen molar-refractivity contribution >= 4 is 5.84 Å². The topological polar surface area (TPSA) is 50.9 Å². The van der Waals surface area contributed by atoms with Crippen LogP contribution in [0.2, 0.25) is 0 Å². The highest BCUT2D eigenvalue weighted by atomic mass is 19.4. The van der Waals surface area contributed by atoms with Crippen molar-refractivity contribution < 1.29 is 31.2 Å². The van der Waals surface area contributed by atoms with Crippen molar-refractivity contribution in [2.75, 3.05) is 0 Å². The molecule has 29 heavy (non-hydrogen) atoms. The number of amidine groups is 1. The van der Waals surface area contributed by atoms with Crippen LogP contribution in [0.5, 0.6) is 0 Å². The van der Waals surface area contributed by atoms with Crippen LogP contribution in [-0.2, 0) is 11.4 Å². The standard InChI is InChI=1S/C19H12F5N3O2/c20-13-3-1-4-14(21)16(13)12-6-7-25-9-11(12)10-27-17(15-5-2-8-28-15)26-29-18(27)19(22,23)24/h1-9,18H,10H2. The number of hydrogen-bond acceptors (Lipinski definition) is 5. The zero-order chi connectivity index (χ0) is 20.6. The molecule has 3 heterocycles. The van der Waals surface area contributed by atoms with Crippen LogP contribution >= 0.6 is 0 Å². The molecule has 0 bridgehead atoms. The molecule has 1 unspecified atom stereocenters. The highest BCUT2D eigenvalue weighted by Crippen LogP contribution is 2.35. The van der Waals surface area contributed by atoms with Crippen molar-refractivity contribution in [1.82, 2.24) is 9.88 Å². The van der Waals surface area contributed by atoms with Crippen LogP contribution in [0.4, 0.5) is 22.0 Å². The van der Waals surface area contributed by atoms with Gasteiger partial charge in [-0.2, -0.15) is 13.2 Å². The molecule has 0 N–H and O–H groups in total. The normalized spacial score (nSPS) is 16.7. The molecule has 1 aromatic carbocycles. The molecule has 0 radical (unpaired) electrons. The summed E-state index contributed by atoms with van der Waals surface area (Å²) in [6.07, 6.45) is -3.34. The van der Waals surface area contributed by atoms with E-state index in [1.807, 2.05) is 0 Å². The Morgan fingerprint density at radius 3 is 2.45 bits per heavy atom. The Kier molecular flexibility index (Phi) is 4.69. The van der Waals surface area contributed by atoms with Gasteiger partial charge in [-0.1, -0.05) is 11.2 Å². The second kappa shape index (κ2) is 7.19. The maximum atomic E-state index is 14.3. The van der Waals surface area contributed by atoms with Crippen molar-refractivity contribution in [3.05, 3.63) is 78.0 Å². The Morgan fingerprint density at radius 2 is 1.79 bits per heavy atom. The first-order chi connectivity index (χ1) is 13.9. The van der Waals surface area contributed by atoms with Gasteiger partial charge in [0.25, 0.3) is 6.23 Å². The fourth-order valence-electron chi connectivity index (χ4n) is 3.04. The Balaban J connectivity index is 1.77. The van der Waals surface area contributed by atoms with Crippen LogP contribution in [0.15, 0.2) is 64.6 Å². The van der Waals surface area contributed by atoms with E-state index in [9.17, 15) is 22.0 Å². The molecule has 2 aromatic heterocycles. The van der Waals surface area contributed by atoms with Crippen LogP contribution in [0.25, 0.3) is 11.1 Å². The monoisotopic (exact) mass is 409 g/mol. The van der Waals surface area contributed by atoms with E-state index >= 15 is 0 Å². The lowest BCUT2D eigenvalue weighted by atomic mass is 10.00. The van der Waals surface area contributed by atoms with E-state index < -0.39 is 30.6 Å². The first-order valence-electron chi connectivity index (χ1n) is 8.34. The van der Waals surface area contributed by atoms with E-state index in [4.69, 9.17) is 4.42 Å². The summed E-state index contributed by atoms with van der Waals surface area (Å²) in [6.45, 7) is -0.430. The molecule has 0 amide bonds. The minimum absolute atomic E-state index is 0.0549. The van der Waals surface area contributed by atoms with Gasteiger partial charge in [0.15, 0.2) is 5.76 Å². The Labute approximate surface area is 161 Å². The Hall–Kier alpha value is -3.43.